The maximum atomic E-state index is 12.7. The van der Waals surface area contributed by atoms with E-state index in [1.54, 1.807) is 4.68 Å². The van der Waals surface area contributed by atoms with Gasteiger partial charge < -0.3 is 14.6 Å². The van der Waals surface area contributed by atoms with Gasteiger partial charge in [-0.1, -0.05) is 6.07 Å². The third-order valence-corrected chi connectivity index (χ3v) is 4.80. The number of fused-ring (bicyclic) bond motifs is 1. The molecule has 1 amide bonds. The summed E-state index contributed by atoms with van der Waals surface area (Å²) in [4.78, 5) is 17.8. The lowest BCUT2D eigenvalue weighted by Crippen LogP contribution is -2.42. The van der Waals surface area contributed by atoms with E-state index < -0.39 is 0 Å². The predicted octanol–water partition coefficient (Wildman–Crippen LogP) is 2.89. The number of rotatable bonds is 3. The number of nitrogens with zero attached hydrogens (tertiary/aromatic N) is 3. The van der Waals surface area contributed by atoms with Crippen LogP contribution in [0.5, 0.6) is 5.75 Å². The Bertz CT molecular complexity index is 903. The number of piperidine rings is 1. The molecule has 25 heavy (non-hydrogen) atoms. The van der Waals surface area contributed by atoms with Gasteiger partial charge in [-0.25, -0.2) is 0 Å². The number of carbonyl (C=O) groups excluding carboxylic acids is 1. The first-order valence-corrected chi connectivity index (χ1v) is 8.64. The average Bonchev–Trinajstić information content (AvgIpc) is 3.21. The zero-order valence-corrected chi connectivity index (χ0v) is 14.5. The monoisotopic (exact) mass is 338 g/mol. The van der Waals surface area contributed by atoms with Crippen LogP contribution in [0.4, 0.5) is 0 Å². The molecule has 0 aliphatic carbocycles. The molecule has 1 fully saturated rings. The Balaban J connectivity index is 1.41. The molecule has 1 aliphatic rings. The van der Waals surface area contributed by atoms with Gasteiger partial charge >= 0.3 is 0 Å². The van der Waals surface area contributed by atoms with Gasteiger partial charge in [-0.05, 0) is 31.2 Å². The zero-order valence-electron chi connectivity index (χ0n) is 14.5. The first-order valence-electron chi connectivity index (χ1n) is 8.64. The fourth-order valence-electron chi connectivity index (χ4n) is 3.49. The lowest BCUT2D eigenvalue weighted by Gasteiger charge is -2.32. The molecule has 3 aromatic rings. The number of likely N-dealkylation sites (tertiary alicyclic amines) is 1. The Morgan fingerprint density at radius 1 is 1.28 bits per heavy atom. The molecule has 130 valence electrons. The average molecular weight is 338 g/mol. The molecule has 2 aromatic heterocycles. The highest BCUT2D eigenvalue weighted by Crippen LogP contribution is 2.27. The molecular formula is C19H22N4O2. The number of H-pyrrole nitrogens is 1. The number of hydrogen-bond acceptors (Lipinski definition) is 3. The van der Waals surface area contributed by atoms with Crippen molar-refractivity contribution in [3.05, 3.63) is 47.9 Å². The number of carbonyl (C=O) groups is 1. The van der Waals surface area contributed by atoms with Crippen molar-refractivity contribution in [2.24, 2.45) is 7.05 Å². The summed E-state index contributed by atoms with van der Waals surface area (Å²) in [6.07, 6.45) is 3.74. The van der Waals surface area contributed by atoms with Crippen molar-refractivity contribution < 1.29 is 9.53 Å². The van der Waals surface area contributed by atoms with Gasteiger partial charge in [0.1, 0.15) is 17.5 Å². The zero-order chi connectivity index (χ0) is 17.4. The maximum Gasteiger partial charge on any atom is 0.272 e. The molecule has 1 saturated heterocycles. The largest absolute Gasteiger partial charge is 0.490 e. The topological polar surface area (TPSA) is 63.1 Å². The van der Waals surface area contributed by atoms with Gasteiger partial charge in [0.05, 0.1) is 5.69 Å². The molecule has 0 spiro atoms. The smallest absolute Gasteiger partial charge is 0.272 e. The van der Waals surface area contributed by atoms with Gasteiger partial charge in [-0.15, -0.1) is 0 Å². The molecule has 0 saturated carbocycles. The Morgan fingerprint density at radius 2 is 2.08 bits per heavy atom. The fraction of sp³-hybridized carbons (Fsp3) is 0.368. The van der Waals surface area contributed by atoms with Crippen molar-refractivity contribution in [1.82, 2.24) is 19.7 Å². The number of amides is 1. The van der Waals surface area contributed by atoms with Crippen molar-refractivity contribution in [3.63, 3.8) is 0 Å². The highest BCUT2D eigenvalue weighted by molar-refractivity contribution is 5.92. The minimum absolute atomic E-state index is 0.0503. The van der Waals surface area contributed by atoms with E-state index in [-0.39, 0.29) is 12.0 Å². The number of aromatic amines is 1. The molecule has 1 aromatic carbocycles. The minimum atomic E-state index is 0.0503. The molecule has 4 rings (SSSR count). The molecule has 0 atom stereocenters. The standard InChI is InChI=1S/C19H22N4O2/c1-13-12-17(22(2)21-13)19(24)23-10-7-14(8-11-23)25-18-5-3-4-16-15(18)6-9-20-16/h3-6,9,12,14,20H,7-8,10-11H2,1-2H3. The fourth-order valence-corrected chi connectivity index (χ4v) is 3.49. The van der Waals surface area contributed by atoms with Crippen LogP contribution in [0.2, 0.25) is 0 Å². The number of ether oxygens (including phenoxy) is 1. The Kier molecular flexibility index (Phi) is 3.95. The summed E-state index contributed by atoms with van der Waals surface area (Å²) in [5.41, 5.74) is 2.59. The highest BCUT2D eigenvalue weighted by atomic mass is 16.5. The summed E-state index contributed by atoms with van der Waals surface area (Å²) in [7, 11) is 1.81. The van der Waals surface area contributed by atoms with Crippen LogP contribution in [0.3, 0.4) is 0 Å². The molecule has 6 heteroatoms. The van der Waals surface area contributed by atoms with Crippen LogP contribution in [0.15, 0.2) is 36.5 Å². The summed E-state index contributed by atoms with van der Waals surface area (Å²) in [5, 5.41) is 5.37. The van der Waals surface area contributed by atoms with Crippen LogP contribution in [0.1, 0.15) is 29.0 Å². The van der Waals surface area contributed by atoms with Gasteiger partial charge in [0.2, 0.25) is 0 Å². The quantitative estimate of drug-likeness (QED) is 0.799. The number of aromatic nitrogens is 3. The summed E-state index contributed by atoms with van der Waals surface area (Å²) in [6, 6.07) is 9.93. The molecule has 0 unspecified atom stereocenters. The van der Waals surface area contributed by atoms with Gasteiger partial charge in [0.15, 0.2) is 0 Å². The van der Waals surface area contributed by atoms with Gasteiger partial charge in [0, 0.05) is 50.1 Å². The summed E-state index contributed by atoms with van der Waals surface area (Å²) >= 11 is 0. The highest BCUT2D eigenvalue weighted by Gasteiger charge is 2.26. The van der Waals surface area contributed by atoms with Crippen LogP contribution < -0.4 is 4.74 Å². The van der Waals surface area contributed by atoms with Gasteiger partial charge in [0.25, 0.3) is 5.91 Å². The Morgan fingerprint density at radius 3 is 2.80 bits per heavy atom. The summed E-state index contributed by atoms with van der Waals surface area (Å²) in [5.74, 6) is 0.958. The van der Waals surface area contributed by atoms with Crippen molar-refractivity contribution in [1.29, 1.82) is 0 Å². The lowest BCUT2D eigenvalue weighted by molar-refractivity contribution is 0.0588. The second-order valence-corrected chi connectivity index (χ2v) is 6.60. The SMILES string of the molecule is Cc1cc(C(=O)N2CCC(Oc3cccc4[nH]ccc34)CC2)n(C)n1. The molecular weight excluding hydrogens is 316 g/mol. The minimum Gasteiger partial charge on any atom is -0.490 e. The van der Waals surface area contributed by atoms with E-state index in [9.17, 15) is 4.79 Å². The van der Waals surface area contributed by atoms with E-state index in [4.69, 9.17) is 4.74 Å². The second kappa shape index (κ2) is 6.27. The van der Waals surface area contributed by atoms with Crippen molar-refractivity contribution >= 4 is 16.8 Å². The van der Waals surface area contributed by atoms with Crippen molar-refractivity contribution in [3.8, 4) is 5.75 Å². The van der Waals surface area contributed by atoms with E-state index in [0.717, 1.165) is 35.2 Å². The van der Waals surface area contributed by atoms with Gasteiger partial charge in [-0.2, -0.15) is 5.10 Å². The number of nitrogens with one attached hydrogen (secondary N) is 1. The predicted molar refractivity (Wildman–Crippen MR) is 95.8 cm³/mol. The van der Waals surface area contributed by atoms with Crippen LogP contribution in [-0.4, -0.2) is 44.8 Å². The van der Waals surface area contributed by atoms with Gasteiger partial charge in [-0.3, -0.25) is 9.48 Å². The van der Waals surface area contributed by atoms with E-state index in [1.165, 1.54) is 0 Å². The lowest BCUT2D eigenvalue weighted by atomic mass is 10.1. The number of aryl methyl sites for hydroxylation is 2. The molecule has 6 nitrogen and oxygen atoms in total. The molecule has 1 aliphatic heterocycles. The summed E-state index contributed by atoms with van der Waals surface area (Å²) < 4.78 is 7.87. The molecule has 1 N–H and O–H groups in total. The van der Waals surface area contributed by atoms with E-state index in [1.807, 2.05) is 55.4 Å². The molecule has 0 radical (unpaired) electrons. The third-order valence-electron chi connectivity index (χ3n) is 4.80. The first kappa shape index (κ1) is 15.7. The maximum absolute atomic E-state index is 12.7. The summed E-state index contributed by atoms with van der Waals surface area (Å²) in [6.45, 7) is 3.31. The number of hydrogen-bond donors (Lipinski definition) is 1. The van der Waals surface area contributed by atoms with E-state index in [2.05, 4.69) is 10.1 Å². The third kappa shape index (κ3) is 2.99. The number of benzene rings is 1. The molecule has 3 heterocycles. The Hall–Kier alpha value is -2.76. The van der Waals surface area contributed by atoms with Crippen LogP contribution in [0.25, 0.3) is 10.9 Å². The van der Waals surface area contributed by atoms with Crippen LogP contribution in [0, 0.1) is 6.92 Å². The Labute approximate surface area is 146 Å². The van der Waals surface area contributed by atoms with Crippen molar-refractivity contribution in [2.45, 2.75) is 25.9 Å². The van der Waals surface area contributed by atoms with E-state index >= 15 is 0 Å². The van der Waals surface area contributed by atoms with Crippen molar-refractivity contribution in [2.75, 3.05) is 13.1 Å². The normalized spacial score (nSPS) is 15.7. The molecule has 0 bridgehead atoms. The first-order chi connectivity index (χ1) is 12.1. The van der Waals surface area contributed by atoms with Crippen LogP contribution in [-0.2, 0) is 7.05 Å². The van der Waals surface area contributed by atoms with Crippen LogP contribution >= 0.6 is 0 Å². The second-order valence-electron chi connectivity index (χ2n) is 6.60. The van der Waals surface area contributed by atoms with E-state index in [0.29, 0.717) is 18.8 Å².